The molecule has 11 heteroatoms. The number of hydrogen-bond acceptors (Lipinski definition) is 9. The summed E-state index contributed by atoms with van der Waals surface area (Å²) in [6.07, 6.45) is 33.8. The molecule has 0 aromatic rings. The Kier molecular flexibility index (Phi) is 32.9. The quantitative estimate of drug-likeness (QED) is 0.0255. The number of aliphatic hydroxyl groups excluding tert-OH is 2. The Labute approximate surface area is 296 Å². The van der Waals surface area contributed by atoms with E-state index in [9.17, 15) is 24.2 Å². The maximum absolute atomic E-state index is 12.5. The lowest BCUT2D eigenvalue weighted by Crippen LogP contribution is -2.29. The van der Waals surface area contributed by atoms with E-state index in [1.807, 2.05) is 0 Å². The van der Waals surface area contributed by atoms with Crippen LogP contribution in [0.4, 0.5) is 0 Å². The fourth-order valence-electron chi connectivity index (χ4n) is 4.57. The molecule has 284 valence electrons. The SMILES string of the molecule is CCC/C=C/C/C=C/C/C=C/C/C=C/CCCCCC(=O)OC[C@@H](COP(=O)(O)OC[C@H](O)CO)OC(=O)CCCCCCCCCCC. The van der Waals surface area contributed by atoms with Crippen LogP contribution in [0.5, 0.6) is 0 Å². The zero-order chi connectivity index (χ0) is 36.3. The number of carbonyl (C=O) groups is 2. The van der Waals surface area contributed by atoms with Gasteiger partial charge in [0.15, 0.2) is 6.10 Å². The van der Waals surface area contributed by atoms with E-state index in [2.05, 4.69) is 67.0 Å². The van der Waals surface area contributed by atoms with Gasteiger partial charge in [-0.05, 0) is 51.4 Å². The van der Waals surface area contributed by atoms with Crippen LogP contribution in [0.3, 0.4) is 0 Å². The van der Waals surface area contributed by atoms with Gasteiger partial charge in [0.05, 0.1) is 19.8 Å². The summed E-state index contributed by atoms with van der Waals surface area (Å²) >= 11 is 0. The van der Waals surface area contributed by atoms with Crippen molar-refractivity contribution in [2.45, 2.75) is 154 Å². The molecule has 0 aliphatic carbocycles. The molecule has 0 rings (SSSR count). The number of hydrogen-bond donors (Lipinski definition) is 3. The van der Waals surface area contributed by atoms with E-state index in [0.717, 1.165) is 64.2 Å². The smallest absolute Gasteiger partial charge is 0.462 e. The molecule has 0 amide bonds. The van der Waals surface area contributed by atoms with Crippen LogP contribution in [0.15, 0.2) is 48.6 Å². The summed E-state index contributed by atoms with van der Waals surface area (Å²) in [7, 11) is -4.61. The van der Waals surface area contributed by atoms with Crippen LogP contribution in [-0.2, 0) is 32.7 Å². The third kappa shape index (κ3) is 34.2. The van der Waals surface area contributed by atoms with E-state index in [-0.39, 0.29) is 19.4 Å². The highest BCUT2D eigenvalue weighted by Gasteiger charge is 2.27. The topological polar surface area (TPSA) is 149 Å². The van der Waals surface area contributed by atoms with Crippen LogP contribution in [0.25, 0.3) is 0 Å². The highest BCUT2D eigenvalue weighted by atomic mass is 31.2. The maximum atomic E-state index is 12.5. The predicted molar refractivity (Wildman–Crippen MR) is 196 cm³/mol. The van der Waals surface area contributed by atoms with E-state index in [1.165, 1.54) is 38.5 Å². The first-order chi connectivity index (χ1) is 23.7. The second-order valence-corrected chi connectivity index (χ2v) is 13.7. The Bertz CT molecular complexity index is 962. The van der Waals surface area contributed by atoms with Crippen molar-refractivity contribution in [2.24, 2.45) is 0 Å². The number of phosphoric acid groups is 1. The molecule has 0 spiro atoms. The van der Waals surface area contributed by atoms with Crippen molar-refractivity contribution in [3.8, 4) is 0 Å². The van der Waals surface area contributed by atoms with E-state index < -0.39 is 51.8 Å². The number of allylic oxidation sites excluding steroid dienone is 8. The minimum absolute atomic E-state index is 0.176. The molecule has 0 aliphatic rings. The highest BCUT2D eigenvalue weighted by molar-refractivity contribution is 7.47. The van der Waals surface area contributed by atoms with E-state index in [1.54, 1.807) is 0 Å². The molecular formula is C38H67O10P. The first-order valence-corrected chi connectivity index (χ1v) is 20.1. The zero-order valence-electron chi connectivity index (χ0n) is 30.4. The zero-order valence-corrected chi connectivity index (χ0v) is 31.3. The summed E-state index contributed by atoms with van der Waals surface area (Å²) in [6.45, 7) is 2.22. The molecule has 0 aromatic carbocycles. The molecular weight excluding hydrogens is 647 g/mol. The number of unbranched alkanes of at least 4 members (excludes halogenated alkanes) is 12. The van der Waals surface area contributed by atoms with Gasteiger partial charge < -0.3 is 24.6 Å². The molecule has 10 nitrogen and oxygen atoms in total. The molecule has 0 bridgehead atoms. The summed E-state index contributed by atoms with van der Waals surface area (Å²) < 4.78 is 32.5. The minimum Gasteiger partial charge on any atom is -0.462 e. The van der Waals surface area contributed by atoms with Gasteiger partial charge in [-0.2, -0.15) is 0 Å². The number of aliphatic hydroxyl groups is 2. The first-order valence-electron chi connectivity index (χ1n) is 18.6. The van der Waals surface area contributed by atoms with E-state index in [4.69, 9.17) is 19.1 Å². The number of esters is 2. The number of ether oxygens (including phenoxy) is 2. The molecule has 0 saturated carbocycles. The largest absolute Gasteiger partial charge is 0.472 e. The summed E-state index contributed by atoms with van der Waals surface area (Å²) in [5, 5.41) is 18.2. The third-order valence-electron chi connectivity index (χ3n) is 7.47. The van der Waals surface area contributed by atoms with Crippen LogP contribution in [-0.4, -0.2) is 65.7 Å². The Morgan fingerprint density at radius 2 is 1.10 bits per heavy atom. The average molecular weight is 715 g/mol. The Balaban J connectivity index is 4.40. The average Bonchev–Trinajstić information content (AvgIpc) is 3.09. The molecule has 0 aliphatic heterocycles. The Morgan fingerprint density at radius 1 is 0.612 bits per heavy atom. The third-order valence-corrected chi connectivity index (χ3v) is 8.42. The normalized spacial score (nSPS) is 14.6. The van der Waals surface area contributed by atoms with Crippen LogP contribution >= 0.6 is 7.82 Å². The summed E-state index contributed by atoms with van der Waals surface area (Å²) in [5.74, 6) is -0.968. The van der Waals surface area contributed by atoms with Gasteiger partial charge in [-0.25, -0.2) is 4.57 Å². The fourth-order valence-corrected chi connectivity index (χ4v) is 5.36. The lowest BCUT2D eigenvalue weighted by Gasteiger charge is -2.20. The molecule has 0 radical (unpaired) electrons. The van der Waals surface area contributed by atoms with Crippen molar-refractivity contribution in [1.82, 2.24) is 0 Å². The predicted octanol–water partition coefficient (Wildman–Crippen LogP) is 8.99. The van der Waals surface area contributed by atoms with Crippen molar-refractivity contribution in [3.05, 3.63) is 48.6 Å². The summed E-state index contributed by atoms with van der Waals surface area (Å²) in [5.41, 5.74) is 0. The Hall–Kier alpha value is -2.07. The van der Waals surface area contributed by atoms with E-state index >= 15 is 0 Å². The van der Waals surface area contributed by atoms with Gasteiger partial charge in [0.2, 0.25) is 0 Å². The molecule has 0 fully saturated rings. The van der Waals surface area contributed by atoms with Gasteiger partial charge in [0, 0.05) is 12.8 Å². The van der Waals surface area contributed by atoms with Crippen LogP contribution in [0, 0.1) is 0 Å². The summed E-state index contributed by atoms with van der Waals surface area (Å²) in [6, 6.07) is 0. The highest BCUT2D eigenvalue weighted by Crippen LogP contribution is 2.43. The van der Waals surface area contributed by atoms with Gasteiger partial charge in [0.25, 0.3) is 0 Å². The van der Waals surface area contributed by atoms with Crippen molar-refractivity contribution in [1.29, 1.82) is 0 Å². The van der Waals surface area contributed by atoms with Crippen molar-refractivity contribution in [2.75, 3.05) is 26.4 Å². The van der Waals surface area contributed by atoms with Gasteiger partial charge >= 0.3 is 19.8 Å². The fraction of sp³-hybridized carbons (Fsp3) is 0.737. The lowest BCUT2D eigenvalue weighted by molar-refractivity contribution is -0.161. The summed E-state index contributed by atoms with van der Waals surface area (Å²) in [4.78, 5) is 34.7. The molecule has 3 atom stereocenters. The van der Waals surface area contributed by atoms with Crippen molar-refractivity contribution < 1.29 is 47.8 Å². The standard InChI is InChI=1S/C38H67O10P/c1-3-5-7-9-11-13-14-15-16-17-18-19-20-22-23-25-27-29-37(41)45-33-36(34-47-49(43,44)46-32-35(40)31-39)48-38(42)30-28-26-24-21-12-10-8-6-4-2/h7,9,13-14,16-17,19-20,35-36,39-40H,3-6,8,10-12,15,18,21-34H2,1-2H3,(H,43,44)/b9-7+,14-13+,17-16+,20-19+/t35-,36+/m1/s1. The van der Waals surface area contributed by atoms with Crippen molar-refractivity contribution in [3.63, 3.8) is 0 Å². The van der Waals surface area contributed by atoms with Gasteiger partial charge in [-0.3, -0.25) is 18.6 Å². The van der Waals surface area contributed by atoms with Crippen LogP contribution < -0.4 is 0 Å². The molecule has 0 heterocycles. The van der Waals surface area contributed by atoms with Crippen LogP contribution in [0.1, 0.15) is 142 Å². The molecule has 3 N–H and O–H groups in total. The monoisotopic (exact) mass is 714 g/mol. The number of phosphoric ester groups is 1. The molecule has 0 saturated heterocycles. The number of rotatable bonds is 34. The minimum atomic E-state index is -4.61. The maximum Gasteiger partial charge on any atom is 0.472 e. The molecule has 0 aromatic heterocycles. The second kappa shape index (κ2) is 34.4. The lowest BCUT2D eigenvalue weighted by atomic mass is 10.1. The number of carbonyl (C=O) groups excluding carboxylic acids is 2. The second-order valence-electron chi connectivity index (χ2n) is 12.3. The van der Waals surface area contributed by atoms with Crippen LogP contribution in [0.2, 0.25) is 0 Å². The van der Waals surface area contributed by atoms with Crippen molar-refractivity contribution >= 4 is 19.8 Å². The van der Waals surface area contributed by atoms with E-state index in [0.29, 0.717) is 12.8 Å². The van der Waals surface area contributed by atoms with Gasteiger partial charge in [0.1, 0.15) is 12.7 Å². The van der Waals surface area contributed by atoms with Gasteiger partial charge in [-0.1, -0.05) is 127 Å². The van der Waals surface area contributed by atoms with Gasteiger partial charge in [-0.15, -0.1) is 0 Å². The first kappa shape index (κ1) is 46.9. The Morgan fingerprint density at radius 3 is 1.67 bits per heavy atom. The molecule has 1 unspecified atom stereocenters. The molecule has 49 heavy (non-hydrogen) atoms.